The molecule has 2 aliphatic rings. The highest BCUT2D eigenvalue weighted by atomic mass is 32.2. The summed E-state index contributed by atoms with van der Waals surface area (Å²) >= 11 is 1.64. The van der Waals surface area contributed by atoms with Crippen LogP contribution in [-0.2, 0) is 24.1 Å². The molecule has 216 valence electrons. The predicted molar refractivity (Wildman–Crippen MR) is 153 cm³/mol. The fraction of sp³-hybridized carbons (Fsp3) is 0.355. The van der Waals surface area contributed by atoms with Gasteiger partial charge in [0.25, 0.3) is 11.8 Å². The highest BCUT2D eigenvalue weighted by molar-refractivity contribution is 7.98. The van der Waals surface area contributed by atoms with Crippen LogP contribution in [0.1, 0.15) is 49.4 Å². The molecule has 2 heterocycles. The number of halogens is 1. The first-order chi connectivity index (χ1) is 19.9. The van der Waals surface area contributed by atoms with Crippen LogP contribution in [-0.4, -0.2) is 62.3 Å². The Hall–Kier alpha value is -3.60. The maximum Gasteiger partial charge on any atom is 0.255 e. The maximum absolute atomic E-state index is 15.1. The number of fused-ring (bicyclic) bond motifs is 1. The van der Waals surface area contributed by atoms with Gasteiger partial charge in [0.2, 0.25) is 0 Å². The summed E-state index contributed by atoms with van der Waals surface area (Å²) in [5, 5.41) is 15.9. The quantitative estimate of drug-likeness (QED) is 0.330. The smallest absolute Gasteiger partial charge is 0.255 e. The largest absolute Gasteiger partial charge is 0.495 e. The van der Waals surface area contributed by atoms with E-state index in [-0.39, 0.29) is 24.5 Å². The minimum absolute atomic E-state index is 0.0409. The van der Waals surface area contributed by atoms with Crippen LogP contribution in [0, 0.1) is 5.82 Å². The number of aliphatic hydroxyl groups excluding tert-OH is 1. The Labute approximate surface area is 242 Å². The van der Waals surface area contributed by atoms with Gasteiger partial charge >= 0.3 is 0 Å². The number of aliphatic hydroxyl groups is 1. The minimum atomic E-state index is -0.796. The topological polar surface area (TPSA) is 106 Å². The molecule has 0 unspecified atom stereocenters. The second-order valence-electron chi connectivity index (χ2n) is 10.1. The third-order valence-electron chi connectivity index (χ3n) is 7.38. The van der Waals surface area contributed by atoms with Crippen molar-refractivity contribution in [1.82, 2.24) is 10.6 Å². The molecule has 41 heavy (non-hydrogen) atoms. The van der Waals surface area contributed by atoms with Gasteiger partial charge in [0.1, 0.15) is 17.3 Å². The van der Waals surface area contributed by atoms with Gasteiger partial charge in [0.15, 0.2) is 0 Å². The van der Waals surface area contributed by atoms with Crippen LogP contribution in [0.3, 0.4) is 0 Å². The standard InChI is InChI=1S/C31H33FN2O6S/c1-38-29-23-9-12-40-28(23)20(15-24(29)31(37)34-26-10-11-39-17-27(26)35)13-19-5-8-22(25(32)14-19)30(36)33-16-18-3-6-21(41-2)7-4-18/h3-8,14-15,26-27,35H,9-13,16-17H2,1-2H3,(H,33,36)(H,34,37)/t26-,27-/m0/s1. The van der Waals surface area contributed by atoms with Crippen molar-refractivity contribution in [2.24, 2.45) is 0 Å². The van der Waals surface area contributed by atoms with Crippen molar-refractivity contribution < 1.29 is 33.3 Å². The number of thioether (sulfide) groups is 1. The van der Waals surface area contributed by atoms with E-state index in [1.807, 2.05) is 30.5 Å². The van der Waals surface area contributed by atoms with Crippen molar-refractivity contribution in [3.8, 4) is 11.5 Å². The molecule has 0 spiro atoms. The van der Waals surface area contributed by atoms with Gasteiger partial charge in [-0.25, -0.2) is 4.39 Å². The molecular weight excluding hydrogens is 547 g/mol. The number of ether oxygens (including phenoxy) is 3. The number of amides is 2. The number of methoxy groups -OCH3 is 1. The SMILES string of the molecule is COc1c(C(=O)N[C@H]2CCOC[C@@H]2O)cc(Cc2ccc(C(=O)NCc3ccc(SC)cc3)c(F)c2)c2c1CCO2. The monoisotopic (exact) mass is 580 g/mol. The van der Waals surface area contributed by atoms with Crippen LogP contribution in [0.2, 0.25) is 0 Å². The first-order valence-electron chi connectivity index (χ1n) is 13.5. The predicted octanol–water partition coefficient (Wildman–Crippen LogP) is 3.89. The third-order valence-corrected chi connectivity index (χ3v) is 8.12. The van der Waals surface area contributed by atoms with Gasteiger partial charge < -0.3 is 30.0 Å². The molecule has 8 nitrogen and oxygen atoms in total. The zero-order valence-electron chi connectivity index (χ0n) is 23.0. The fourth-order valence-corrected chi connectivity index (χ4v) is 5.60. The van der Waals surface area contributed by atoms with Gasteiger partial charge in [-0.15, -0.1) is 11.8 Å². The lowest BCUT2D eigenvalue weighted by molar-refractivity contribution is -0.0261. The molecule has 3 aromatic carbocycles. The Morgan fingerprint density at radius 1 is 1.07 bits per heavy atom. The molecule has 2 amide bonds. The Morgan fingerprint density at radius 2 is 1.85 bits per heavy atom. The summed E-state index contributed by atoms with van der Waals surface area (Å²) in [7, 11) is 1.51. The van der Waals surface area contributed by atoms with E-state index < -0.39 is 23.9 Å². The van der Waals surface area contributed by atoms with Crippen LogP contribution >= 0.6 is 11.8 Å². The van der Waals surface area contributed by atoms with Crippen LogP contribution in [0.5, 0.6) is 11.5 Å². The van der Waals surface area contributed by atoms with Gasteiger partial charge in [0, 0.05) is 36.5 Å². The molecule has 10 heteroatoms. The summed E-state index contributed by atoms with van der Waals surface area (Å²) in [6.45, 7) is 1.35. The van der Waals surface area contributed by atoms with E-state index in [9.17, 15) is 14.7 Å². The molecule has 3 N–H and O–H groups in total. The Balaban J connectivity index is 1.33. The average Bonchev–Trinajstić information content (AvgIpc) is 3.48. The van der Waals surface area contributed by atoms with Gasteiger partial charge in [0.05, 0.1) is 43.6 Å². The Bertz CT molecular complexity index is 1430. The molecule has 5 rings (SSSR count). The zero-order chi connectivity index (χ0) is 28.9. The molecule has 0 bridgehead atoms. The van der Waals surface area contributed by atoms with Crippen LogP contribution in [0.25, 0.3) is 0 Å². The molecular formula is C31H33FN2O6S. The molecule has 0 aromatic heterocycles. The summed E-state index contributed by atoms with van der Waals surface area (Å²) in [5.74, 6) is -0.438. The van der Waals surface area contributed by atoms with Crippen LogP contribution in [0.15, 0.2) is 53.4 Å². The van der Waals surface area contributed by atoms with Gasteiger partial charge in [-0.2, -0.15) is 0 Å². The number of rotatable bonds is 9. The van der Waals surface area contributed by atoms with Crippen molar-refractivity contribution in [1.29, 1.82) is 0 Å². The van der Waals surface area contributed by atoms with Gasteiger partial charge in [-0.3, -0.25) is 9.59 Å². The minimum Gasteiger partial charge on any atom is -0.495 e. The number of hydrogen-bond donors (Lipinski definition) is 3. The summed E-state index contributed by atoms with van der Waals surface area (Å²) in [6, 6.07) is 13.6. The lowest BCUT2D eigenvalue weighted by atomic mass is 9.95. The highest BCUT2D eigenvalue weighted by Gasteiger charge is 2.30. The maximum atomic E-state index is 15.1. The molecule has 2 aliphatic heterocycles. The molecule has 1 fully saturated rings. The van der Waals surface area contributed by atoms with E-state index in [0.29, 0.717) is 60.8 Å². The zero-order valence-corrected chi connectivity index (χ0v) is 23.8. The van der Waals surface area contributed by atoms with Gasteiger partial charge in [-0.05, 0) is 59.7 Å². The first kappa shape index (κ1) is 28.9. The van der Waals surface area contributed by atoms with E-state index in [2.05, 4.69) is 10.6 Å². The van der Waals surface area contributed by atoms with Gasteiger partial charge in [-0.1, -0.05) is 18.2 Å². The molecule has 0 saturated carbocycles. The lowest BCUT2D eigenvalue weighted by Gasteiger charge is -2.28. The molecule has 1 saturated heterocycles. The first-order valence-corrected chi connectivity index (χ1v) is 14.7. The van der Waals surface area contributed by atoms with Crippen molar-refractivity contribution in [2.45, 2.75) is 42.8 Å². The number of carbonyl (C=O) groups is 2. The number of hydrogen-bond acceptors (Lipinski definition) is 7. The fourth-order valence-electron chi connectivity index (χ4n) is 5.19. The van der Waals surface area contributed by atoms with E-state index in [4.69, 9.17) is 14.2 Å². The summed E-state index contributed by atoms with van der Waals surface area (Å²) < 4.78 is 31.9. The summed E-state index contributed by atoms with van der Waals surface area (Å²) in [6.07, 6.45) is 2.55. The number of benzene rings is 3. The van der Waals surface area contributed by atoms with Crippen LogP contribution < -0.4 is 20.1 Å². The molecule has 0 radical (unpaired) electrons. The van der Waals surface area contributed by atoms with Crippen molar-refractivity contribution in [3.63, 3.8) is 0 Å². The van der Waals surface area contributed by atoms with Crippen LogP contribution in [0.4, 0.5) is 4.39 Å². The number of carbonyl (C=O) groups excluding carboxylic acids is 2. The summed E-state index contributed by atoms with van der Waals surface area (Å²) in [5.41, 5.74) is 3.33. The summed E-state index contributed by atoms with van der Waals surface area (Å²) in [4.78, 5) is 27.2. The Morgan fingerprint density at radius 3 is 2.56 bits per heavy atom. The normalized spacial score (nSPS) is 17.9. The molecule has 3 aromatic rings. The third kappa shape index (κ3) is 6.50. The highest BCUT2D eigenvalue weighted by Crippen LogP contribution is 2.40. The van der Waals surface area contributed by atoms with E-state index in [0.717, 1.165) is 16.0 Å². The second kappa shape index (κ2) is 12.9. The second-order valence-corrected chi connectivity index (χ2v) is 10.9. The van der Waals surface area contributed by atoms with Crippen molar-refractivity contribution in [2.75, 3.05) is 33.2 Å². The van der Waals surface area contributed by atoms with E-state index >= 15 is 4.39 Å². The van der Waals surface area contributed by atoms with Crippen molar-refractivity contribution in [3.05, 3.63) is 87.7 Å². The average molecular weight is 581 g/mol. The number of nitrogens with one attached hydrogen (secondary N) is 2. The van der Waals surface area contributed by atoms with Crippen molar-refractivity contribution >= 4 is 23.6 Å². The molecule has 2 atom stereocenters. The Kier molecular flexibility index (Phi) is 9.12. The van der Waals surface area contributed by atoms with E-state index in [1.165, 1.54) is 19.2 Å². The van der Waals surface area contributed by atoms with E-state index in [1.54, 1.807) is 23.9 Å². The molecule has 0 aliphatic carbocycles. The lowest BCUT2D eigenvalue weighted by Crippen LogP contribution is -2.48.